The van der Waals surface area contributed by atoms with Crippen LogP contribution >= 0.6 is 0 Å². The minimum atomic E-state index is -0.957. The van der Waals surface area contributed by atoms with Crippen LogP contribution in [0.2, 0.25) is 0 Å². The number of nitrogen functional groups attached to an aromatic ring is 1. The topological polar surface area (TPSA) is 75.3 Å². The predicted octanol–water partition coefficient (Wildman–Crippen LogP) is 2.81. The van der Waals surface area contributed by atoms with E-state index in [-0.39, 0.29) is 22.4 Å². The molecule has 0 saturated heterocycles. The number of carboxylic acids is 1. The fourth-order valence-electron chi connectivity index (χ4n) is 2.61. The van der Waals surface area contributed by atoms with Crippen molar-refractivity contribution in [2.75, 3.05) is 11.1 Å². The Morgan fingerprint density at radius 2 is 1.83 bits per heavy atom. The maximum Gasteiger partial charge on any atom is 0.337 e. The van der Waals surface area contributed by atoms with Crippen LogP contribution in [0.5, 0.6) is 0 Å². The van der Waals surface area contributed by atoms with Crippen molar-refractivity contribution in [3.05, 3.63) is 23.8 Å². The van der Waals surface area contributed by atoms with E-state index < -0.39 is 5.97 Å². The first-order chi connectivity index (χ1) is 8.19. The zero-order valence-electron chi connectivity index (χ0n) is 11.2. The lowest BCUT2D eigenvalue weighted by Crippen LogP contribution is -2.15. The number of aromatic carboxylic acids is 1. The maximum atomic E-state index is 11.2. The minimum Gasteiger partial charge on any atom is -0.478 e. The van der Waals surface area contributed by atoms with Gasteiger partial charge in [-0.1, -0.05) is 33.8 Å². The van der Waals surface area contributed by atoms with E-state index in [1.54, 1.807) is 18.2 Å². The van der Waals surface area contributed by atoms with Gasteiger partial charge in [-0.15, -0.1) is 0 Å². The summed E-state index contributed by atoms with van der Waals surface area (Å²) in [6, 6.07) is 5.18. The second-order valence-electron chi connectivity index (χ2n) is 6.10. The van der Waals surface area contributed by atoms with Gasteiger partial charge in [0.1, 0.15) is 0 Å². The molecular weight excluding hydrogens is 228 g/mol. The number of rotatable bonds is 3. The van der Waals surface area contributed by atoms with Crippen LogP contribution in [0.4, 0.5) is 11.4 Å². The zero-order valence-corrected chi connectivity index (χ0v) is 11.2. The Morgan fingerprint density at radius 3 is 2.28 bits per heavy atom. The summed E-state index contributed by atoms with van der Waals surface area (Å²) in [5.74, 6) is -0.957. The largest absolute Gasteiger partial charge is 0.478 e. The van der Waals surface area contributed by atoms with E-state index in [1.165, 1.54) is 0 Å². The molecule has 0 aromatic heterocycles. The van der Waals surface area contributed by atoms with E-state index in [0.29, 0.717) is 11.4 Å². The van der Waals surface area contributed by atoms with Crippen LogP contribution in [0.15, 0.2) is 18.2 Å². The number of hydrogen-bond donors (Lipinski definition) is 3. The van der Waals surface area contributed by atoms with Crippen LogP contribution in [-0.4, -0.2) is 17.1 Å². The summed E-state index contributed by atoms with van der Waals surface area (Å²) in [5, 5.41) is 12.5. The first kappa shape index (κ1) is 12.7. The van der Waals surface area contributed by atoms with Crippen LogP contribution < -0.4 is 11.1 Å². The maximum absolute atomic E-state index is 11.2. The number of nitrogens with two attached hydrogens (primary N) is 1. The van der Waals surface area contributed by atoms with Gasteiger partial charge in [0.15, 0.2) is 0 Å². The van der Waals surface area contributed by atoms with E-state index in [0.717, 1.165) is 0 Å². The lowest BCUT2D eigenvalue weighted by molar-refractivity contribution is 0.0698. The molecule has 18 heavy (non-hydrogen) atoms. The third-order valence-electron chi connectivity index (χ3n) is 4.64. The molecule has 1 aromatic rings. The van der Waals surface area contributed by atoms with Crippen molar-refractivity contribution in [3.63, 3.8) is 0 Å². The summed E-state index contributed by atoms with van der Waals surface area (Å²) >= 11 is 0. The number of para-hydroxylation sites is 1. The summed E-state index contributed by atoms with van der Waals surface area (Å²) in [6.45, 7) is 8.68. The monoisotopic (exact) mass is 248 g/mol. The molecule has 0 atom stereocenters. The van der Waals surface area contributed by atoms with Crippen LogP contribution in [-0.2, 0) is 0 Å². The normalized spacial score (nSPS) is 20.4. The van der Waals surface area contributed by atoms with Crippen molar-refractivity contribution in [3.8, 4) is 0 Å². The van der Waals surface area contributed by atoms with Gasteiger partial charge in [0.05, 0.1) is 16.9 Å². The molecule has 4 nitrogen and oxygen atoms in total. The molecule has 4 N–H and O–H groups in total. The quantitative estimate of drug-likeness (QED) is 0.719. The molecule has 0 radical (unpaired) electrons. The van der Waals surface area contributed by atoms with Gasteiger partial charge in [-0.2, -0.15) is 0 Å². The first-order valence-corrected chi connectivity index (χ1v) is 6.08. The van der Waals surface area contributed by atoms with Crippen LogP contribution in [0.25, 0.3) is 0 Å². The molecule has 0 aliphatic heterocycles. The molecule has 1 fully saturated rings. The van der Waals surface area contributed by atoms with Crippen LogP contribution in [0.3, 0.4) is 0 Å². The standard InChI is InChI=1S/C14H20N2O2/c1-13(2)12(14(13,3)4)16-10-8(11(17)18)6-5-7-9(10)15/h5-7,12,16H,15H2,1-4H3,(H,17,18). The summed E-state index contributed by atoms with van der Waals surface area (Å²) in [5.41, 5.74) is 7.39. The van der Waals surface area contributed by atoms with Gasteiger partial charge in [0, 0.05) is 6.04 Å². The Balaban J connectivity index is 2.34. The molecule has 1 aromatic carbocycles. The summed E-state index contributed by atoms with van der Waals surface area (Å²) < 4.78 is 0. The van der Waals surface area contributed by atoms with Crippen LogP contribution in [0.1, 0.15) is 38.1 Å². The Kier molecular flexibility index (Phi) is 2.58. The molecule has 4 heteroatoms. The van der Waals surface area contributed by atoms with Gasteiger partial charge in [-0.25, -0.2) is 4.79 Å². The van der Waals surface area contributed by atoms with Crippen molar-refractivity contribution in [2.45, 2.75) is 33.7 Å². The average Bonchev–Trinajstić information content (AvgIpc) is 2.62. The highest BCUT2D eigenvalue weighted by Crippen LogP contribution is 2.64. The molecule has 0 unspecified atom stereocenters. The average molecular weight is 248 g/mol. The molecule has 0 heterocycles. The summed E-state index contributed by atoms with van der Waals surface area (Å²) in [7, 11) is 0. The molecule has 0 bridgehead atoms. The Labute approximate surface area is 107 Å². The highest BCUT2D eigenvalue weighted by molar-refractivity contribution is 5.97. The molecule has 1 aliphatic rings. The second-order valence-corrected chi connectivity index (χ2v) is 6.10. The van der Waals surface area contributed by atoms with Gasteiger partial charge in [-0.3, -0.25) is 0 Å². The zero-order chi connectivity index (χ0) is 13.7. The van der Waals surface area contributed by atoms with E-state index in [1.807, 2.05) is 0 Å². The number of anilines is 2. The fraction of sp³-hybridized carbons (Fsp3) is 0.500. The van der Waals surface area contributed by atoms with E-state index in [4.69, 9.17) is 5.73 Å². The Hall–Kier alpha value is -1.71. The Bertz CT molecular complexity index is 493. The third-order valence-corrected chi connectivity index (χ3v) is 4.64. The summed E-state index contributed by atoms with van der Waals surface area (Å²) in [6.07, 6.45) is 0. The van der Waals surface area contributed by atoms with Gasteiger partial charge >= 0.3 is 5.97 Å². The van der Waals surface area contributed by atoms with Gasteiger partial charge in [0.25, 0.3) is 0 Å². The van der Waals surface area contributed by atoms with Gasteiger partial charge in [0.2, 0.25) is 0 Å². The lowest BCUT2D eigenvalue weighted by Gasteiger charge is -2.13. The van der Waals surface area contributed by atoms with Crippen molar-refractivity contribution >= 4 is 17.3 Å². The van der Waals surface area contributed by atoms with E-state index >= 15 is 0 Å². The number of nitrogens with one attached hydrogen (secondary N) is 1. The molecule has 1 saturated carbocycles. The summed E-state index contributed by atoms with van der Waals surface area (Å²) in [4.78, 5) is 11.2. The molecule has 98 valence electrons. The molecule has 0 amide bonds. The molecule has 1 aliphatic carbocycles. The number of benzene rings is 1. The van der Waals surface area contributed by atoms with Crippen molar-refractivity contribution in [1.29, 1.82) is 0 Å². The molecular formula is C14H20N2O2. The molecule has 2 rings (SSSR count). The van der Waals surface area contributed by atoms with E-state index in [9.17, 15) is 9.90 Å². The highest BCUT2D eigenvalue weighted by Gasteiger charge is 2.65. The smallest absolute Gasteiger partial charge is 0.337 e. The van der Waals surface area contributed by atoms with Gasteiger partial charge < -0.3 is 16.2 Å². The number of carboxylic acid groups (broad SMARTS) is 1. The highest BCUT2D eigenvalue weighted by atomic mass is 16.4. The van der Waals surface area contributed by atoms with Crippen molar-refractivity contribution in [2.24, 2.45) is 10.8 Å². The first-order valence-electron chi connectivity index (χ1n) is 6.08. The second kappa shape index (κ2) is 3.64. The molecule has 0 spiro atoms. The van der Waals surface area contributed by atoms with Crippen molar-refractivity contribution in [1.82, 2.24) is 0 Å². The third kappa shape index (κ3) is 1.64. The number of hydrogen-bond acceptors (Lipinski definition) is 3. The lowest BCUT2D eigenvalue weighted by atomic mass is 10.0. The van der Waals surface area contributed by atoms with Gasteiger partial charge in [-0.05, 0) is 23.0 Å². The number of carbonyl (C=O) groups is 1. The van der Waals surface area contributed by atoms with E-state index in [2.05, 4.69) is 33.0 Å². The fourth-order valence-corrected chi connectivity index (χ4v) is 2.61. The predicted molar refractivity (Wildman–Crippen MR) is 72.8 cm³/mol. The minimum absolute atomic E-state index is 0.130. The Morgan fingerprint density at radius 1 is 1.28 bits per heavy atom. The van der Waals surface area contributed by atoms with Crippen LogP contribution in [0, 0.1) is 10.8 Å². The van der Waals surface area contributed by atoms with Crippen molar-refractivity contribution < 1.29 is 9.90 Å². The SMILES string of the molecule is CC1(C)C(Nc2c(N)cccc2C(=O)O)C1(C)C.